The smallest absolute Gasteiger partial charge is 0.181 e. The first kappa shape index (κ1) is 23.0. The van der Waals surface area contributed by atoms with Crippen molar-refractivity contribution >= 4 is 15.6 Å². The molecule has 0 aromatic heterocycles. The van der Waals surface area contributed by atoms with Crippen LogP contribution in [-0.4, -0.2) is 30.7 Å². The Balaban J connectivity index is 1.70. The lowest BCUT2D eigenvalue weighted by molar-refractivity contribution is -0.127. The van der Waals surface area contributed by atoms with E-state index in [1.807, 2.05) is 6.07 Å². The van der Waals surface area contributed by atoms with Crippen LogP contribution in [-0.2, 0) is 19.4 Å². The Morgan fingerprint density at radius 2 is 1.71 bits per heavy atom. The molecule has 1 aliphatic carbocycles. The fourth-order valence-electron chi connectivity index (χ4n) is 6.92. The average Bonchev–Trinajstić information content (AvgIpc) is 3.13. The van der Waals surface area contributed by atoms with Crippen molar-refractivity contribution in [3.63, 3.8) is 0 Å². The first-order valence-corrected chi connectivity index (χ1v) is 13.5. The van der Waals surface area contributed by atoms with Crippen molar-refractivity contribution in [2.75, 3.05) is 0 Å². The van der Waals surface area contributed by atoms with Gasteiger partial charge >= 0.3 is 0 Å². The Kier molecular flexibility index (Phi) is 5.92. The highest BCUT2D eigenvalue weighted by molar-refractivity contribution is 7.92. The standard InChI is InChI=1S/C26H38O4S/c1-17-11-12-21(22(27)15-17)18(2)16-23(31(28,29)20-9-7-6-8-10-20)24-19(3)25(4)13-14-26(24,5)30-25/h6-10,17-19,21,23-24H,11-16H2,1-5H3/t17-,18-,19-,21+,23+,24+,25+,26-/m1/s1. The molecule has 1 aromatic rings. The molecule has 3 fully saturated rings. The van der Waals surface area contributed by atoms with Gasteiger partial charge in [0.05, 0.1) is 21.3 Å². The van der Waals surface area contributed by atoms with Gasteiger partial charge in [-0.25, -0.2) is 8.42 Å². The third kappa shape index (κ3) is 3.90. The summed E-state index contributed by atoms with van der Waals surface area (Å²) in [6.07, 6.45) is 4.96. The monoisotopic (exact) mass is 446 g/mol. The minimum atomic E-state index is -3.56. The Labute approximate surface area is 188 Å². The summed E-state index contributed by atoms with van der Waals surface area (Å²) in [5, 5.41) is -0.542. The molecule has 172 valence electrons. The molecule has 5 heteroatoms. The summed E-state index contributed by atoms with van der Waals surface area (Å²) in [6, 6.07) is 8.86. The van der Waals surface area contributed by atoms with E-state index < -0.39 is 20.7 Å². The number of ether oxygens (including phenoxy) is 1. The quantitative estimate of drug-likeness (QED) is 0.583. The molecule has 4 rings (SSSR count). The number of carbonyl (C=O) groups excluding carboxylic acids is 1. The van der Waals surface area contributed by atoms with Crippen LogP contribution < -0.4 is 0 Å². The molecule has 2 saturated heterocycles. The Morgan fingerprint density at radius 1 is 1.06 bits per heavy atom. The maximum Gasteiger partial charge on any atom is 0.181 e. The number of benzene rings is 1. The summed E-state index contributed by atoms with van der Waals surface area (Å²) in [4.78, 5) is 13.2. The van der Waals surface area contributed by atoms with E-state index in [0.717, 1.165) is 25.7 Å². The minimum Gasteiger partial charge on any atom is -0.368 e. The summed E-state index contributed by atoms with van der Waals surface area (Å²) in [5.41, 5.74) is -0.686. The average molecular weight is 447 g/mol. The van der Waals surface area contributed by atoms with Gasteiger partial charge in [-0.1, -0.05) is 39.0 Å². The molecule has 2 aliphatic heterocycles. The molecule has 0 spiro atoms. The second-order valence-electron chi connectivity index (χ2n) is 11.1. The van der Waals surface area contributed by atoms with Gasteiger partial charge in [-0.2, -0.15) is 0 Å². The SMILES string of the molecule is C[C@@H]1CC[C@@H]([C@H](C)C[C@@H]([C@@H]2[C@@H](C)[C@]3(C)CC[C@@]2(C)O3)S(=O)(=O)c2ccccc2)C(=O)C1. The third-order valence-electron chi connectivity index (χ3n) is 8.89. The van der Waals surface area contributed by atoms with Gasteiger partial charge in [0.2, 0.25) is 0 Å². The molecule has 4 nitrogen and oxygen atoms in total. The molecular formula is C26H38O4S. The number of carbonyl (C=O) groups is 1. The summed E-state index contributed by atoms with van der Waals surface area (Å²) in [7, 11) is -3.56. The highest BCUT2D eigenvalue weighted by atomic mass is 32.2. The third-order valence-corrected chi connectivity index (χ3v) is 11.1. The van der Waals surface area contributed by atoms with Crippen LogP contribution in [0.3, 0.4) is 0 Å². The van der Waals surface area contributed by atoms with Gasteiger partial charge in [0.1, 0.15) is 5.78 Å². The van der Waals surface area contributed by atoms with Crippen molar-refractivity contribution in [2.24, 2.45) is 29.6 Å². The fourth-order valence-corrected chi connectivity index (χ4v) is 9.27. The van der Waals surface area contributed by atoms with Gasteiger partial charge in [-0.05, 0) is 75.8 Å². The number of Topliss-reactive ketones (excluding diaryl/α,β-unsaturated/α-hetero) is 1. The van der Waals surface area contributed by atoms with E-state index >= 15 is 0 Å². The van der Waals surface area contributed by atoms with Gasteiger partial charge in [0.25, 0.3) is 0 Å². The molecule has 31 heavy (non-hydrogen) atoms. The first-order chi connectivity index (χ1) is 14.5. The first-order valence-electron chi connectivity index (χ1n) is 12.0. The van der Waals surface area contributed by atoms with E-state index in [1.54, 1.807) is 24.3 Å². The second-order valence-corrected chi connectivity index (χ2v) is 13.3. The lowest BCUT2D eigenvalue weighted by Gasteiger charge is -2.41. The van der Waals surface area contributed by atoms with Crippen LogP contribution in [0.2, 0.25) is 0 Å². The second kappa shape index (κ2) is 7.98. The highest BCUT2D eigenvalue weighted by Gasteiger charge is 2.64. The van der Waals surface area contributed by atoms with Crippen molar-refractivity contribution in [2.45, 2.75) is 94.5 Å². The minimum absolute atomic E-state index is 0.0251. The highest BCUT2D eigenvalue weighted by Crippen LogP contribution is 2.60. The van der Waals surface area contributed by atoms with E-state index in [4.69, 9.17) is 4.74 Å². The molecule has 1 aromatic carbocycles. The van der Waals surface area contributed by atoms with Crippen molar-refractivity contribution in [1.29, 1.82) is 0 Å². The van der Waals surface area contributed by atoms with Crippen LogP contribution >= 0.6 is 0 Å². The number of hydrogen-bond donors (Lipinski definition) is 0. The number of sulfone groups is 1. The summed E-state index contributed by atoms with van der Waals surface area (Å²) >= 11 is 0. The van der Waals surface area contributed by atoms with Crippen LogP contribution in [0.4, 0.5) is 0 Å². The predicted octanol–water partition coefficient (Wildman–Crippen LogP) is 5.45. The zero-order valence-electron chi connectivity index (χ0n) is 19.6. The van der Waals surface area contributed by atoms with Gasteiger partial charge in [-0.15, -0.1) is 0 Å². The normalized spacial score (nSPS) is 40.1. The van der Waals surface area contributed by atoms with Gasteiger partial charge in [0, 0.05) is 18.3 Å². The van der Waals surface area contributed by atoms with Crippen LogP contribution in [0.15, 0.2) is 35.2 Å². The van der Waals surface area contributed by atoms with Crippen LogP contribution in [0, 0.1) is 29.6 Å². The van der Waals surface area contributed by atoms with E-state index in [2.05, 4.69) is 34.6 Å². The number of rotatable bonds is 6. The zero-order valence-corrected chi connectivity index (χ0v) is 20.5. The Hall–Kier alpha value is -1.20. The number of fused-ring (bicyclic) bond motifs is 2. The van der Waals surface area contributed by atoms with E-state index in [0.29, 0.717) is 29.4 Å². The van der Waals surface area contributed by atoms with E-state index in [9.17, 15) is 13.2 Å². The van der Waals surface area contributed by atoms with Crippen molar-refractivity contribution in [1.82, 2.24) is 0 Å². The maximum absolute atomic E-state index is 14.0. The van der Waals surface area contributed by atoms with Crippen LogP contribution in [0.1, 0.15) is 73.1 Å². The van der Waals surface area contributed by atoms with Gasteiger partial charge < -0.3 is 4.74 Å². The summed E-state index contributed by atoms with van der Waals surface area (Å²) in [6.45, 7) is 10.6. The largest absolute Gasteiger partial charge is 0.368 e. The number of hydrogen-bond acceptors (Lipinski definition) is 4. The predicted molar refractivity (Wildman–Crippen MR) is 122 cm³/mol. The topological polar surface area (TPSA) is 60.4 Å². The lowest BCUT2D eigenvalue weighted by atomic mass is 9.65. The molecule has 0 radical (unpaired) electrons. The molecule has 0 unspecified atom stereocenters. The Morgan fingerprint density at radius 3 is 2.29 bits per heavy atom. The van der Waals surface area contributed by atoms with Crippen molar-refractivity contribution in [3.8, 4) is 0 Å². The molecule has 8 atom stereocenters. The molecule has 1 saturated carbocycles. The molecule has 0 N–H and O–H groups in total. The summed E-state index contributed by atoms with van der Waals surface area (Å²) in [5.74, 6) is 0.866. The number of ketones is 1. The van der Waals surface area contributed by atoms with Crippen LogP contribution in [0.5, 0.6) is 0 Å². The van der Waals surface area contributed by atoms with Crippen LogP contribution in [0.25, 0.3) is 0 Å². The van der Waals surface area contributed by atoms with Crippen molar-refractivity contribution in [3.05, 3.63) is 30.3 Å². The molecule has 2 bridgehead atoms. The maximum atomic E-state index is 14.0. The fraction of sp³-hybridized carbons (Fsp3) is 0.731. The van der Waals surface area contributed by atoms with Gasteiger partial charge in [0.15, 0.2) is 9.84 Å². The molecule has 3 aliphatic rings. The summed E-state index contributed by atoms with van der Waals surface area (Å²) < 4.78 is 34.5. The lowest BCUT2D eigenvalue weighted by Crippen LogP contribution is -2.48. The van der Waals surface area contributed by atoms with E-state index in [-0.39, 0.29) is 29.3 Å². The molecule has 0 amide bonds. The van der Waals surface area contributed by atoms with Crippen molar-refractivity contribution < 1.29 is 17.9 Å². The molecular weight excluding hydrogens is 408 g/mol. The van der Waals surface area contributed by atoms with E-state index in [1.165, 1.54) is 0 Å². The molecule has 2 heterocycles. The van der Waals surface area contributed by atoms with Gasteiger partial charge in [-0.3, -0.25) is 4.79 Å². The zero-order chi connectivity index (χ0) is 22.6. The Bertz CT molecular complexity index is 926.